The van der Waals surface area contributed by atoms with Crippen molar-refractivity contribution in [2.75, 3.05) is 33.3 Å². The fraction of sp³-hybridized carbons (Fsp3) is 0.750. The van der Waals surface area contributed by atoms with Gasteiger partial charge in [-0.15, -0.1) is 11.3 Å². The first-order valence-corrected chi connectivity index (χ1v) is 10.8. The molecule has 2 aliphatic rings. The number of rotatable bonds is 5. The molecule has 3 rings (SSSR count). The van der Waals surface area contributed by atoms with Crippen molar-refractivity contribution >= 4 is 17.3 Å². The van der Waals surface area contributed by atoms with Crippen LogP contribution in [0.25, 0.3) is 0 Å². The molecule has 2 fully saturated rings. The van der Waals surface area contributed by atoms with Crippen LogP contribution in [0.4, 0.5) is 0 Å². The number of hydrogen-bond donors (Lipinski definition) is 1. The molecule has 0 unspecified atom stereocenters. The quantitative estimate of drug-likeness (QED) is 0.634. The second kappa shape index (κ2) is 9.04. The third kappa shape index (κ3) is 4.56. The van der Waals surface area contributed by atoms with Gasteiger partial charge in [0.2, 0.25) is 0 Å². The summed E-state index contributed by atoms with van der Waals surface area (Å²) in [5.41, 5.74) is 0.298. The summed E-state index contributed by atoms with van der Waals surface area (Å²) in [6, 6.07) is 4.53. The zero-order valence-corrected chi connectivity index (χ0v) is 16.6. The number of thiophene rings is 1. The molecule has 1 N–H and O–H groups in total. The lowest BCUT2D eigenvalue weighted by atomic mass is 9.73. The average Bonchev–Trinajstić information content (AvgIpc) is 3.20. The zero-order valence-electron chi connectivity index (χ0n) is 15.8. The monoisotopic (exact) mass is 363 g/mol. The predicted molar refractivity (Wildman–Crippen MR) is 107 cm³/mol. The SMILES string of the molecule is CCOC1CCN(C(=NC)NCC2(c3cccs3)CCCCC2)CC1. The van der Waals surface area contributed by atoms with Crippen molar-refractivity contribution in [1.29, 1.82) is 0 Å². The highest BCUT2D eigenvalue weighted by molar-refractivity contribution is 7.10. The number of aliphatic imine (C=N–C) groups is 1. The van der Waals surface area contributed by atoms with Gasteiger partial charge in [0.05, 0.1) is 6.10 Å². The molecule has 5 heteroatoms. The minimum Gasteiger partial charge on any atom is -0.378 e. The largest absolute Gasteiger partial charge is 0.378 e. The van der Waals surface area contributed by atoms with E-state index in [-0.39, 0.29) is 0 Å². The van der Waals surface area contributed by atoms with Crippen molar-refractivity contribution in [3.05, 3.63) is 22.4 Å². The van der Waals surface area contributed by atoms with Gasteiger partial charge in [-0.1, -0.05) is 25.3 Å². The summed E-state index contributed by atoms with van der Waals surface area (Å²) in [6.45, 7) is 5.99. The fourth-order valence-electron chi connectivity index (χ4n) is 4.37. The lowest BCUT2D eigenvalue weighted by Gasteiger charge is -2.39. The van der Waals surface area contributed by atoms with Gasteiger partial charge in [0.15, 0.2) is 5.96 Å². The molecule has 2 heterocycles. The van der Waals surface area contributed by atoms with Gasteiger partial charge in [-0.05, 0) is 44.1 Å². The van der Waals surface area contributed by atoms with Crippen LogP contribution in [0.3, 0.4) is 0 Å². The Kier molecular flexibility index (Phi) is 6.77. The van der Waals surface area contributed by atoms with Crippen LogP contribution in [-0.4, -0.2) is 50.3 Å². The Morgan fingerprint density at radius 2 is 2.08 bits per heavy atom. The van der Waals surface area contributed by atoms with Crippen LogP contribution in [0.15, 0.2) is 22.5 Å². The zero-order chi connectivity index (χ0) is 17.5. The molecule has 0 radical (unpaired) electrons. The molecule has 0 amide bonds. The van der Waals surface area contributed by atoms with Gasteiger partial charge < -0.3 is 15.0 Å². The van der Waals surface area contributed by atoms with Gasteiger partial charge in [0.1, 0.15) is 0 Å². The summed E-state index contributed by atoms with van der Waals surface area (Å²) in [7, 11) is 1.91. The smallest absolute Gasteiger partial charge is 0.193 e. The van der Waals surface area contributed by atoms with Crippen LogP contribution in [0.5, 0.6) is 0 Å². The second-order valence-electron chi connectivity index (χ2n) is 7.36. The van der Waals surface area contributed by atoms with Gasteiger partial charge in [0, 0.05) is 43.6 Å². The van der Waals surface area contributed by atoms with E-state index in [1.807, 2.05) is 18.4 Å². The van der Waals surface area contributed by atoms with Gasteiger partial charge in [-0.25, -0.2) is 0 Å². The molecule has 0 aromatic carbocycles. The first-order chi connectivity index (χ1) is 12.3. The molecule has 1 aromatic rings. The molecule has 1 saturated heterocycles. The first-order valence-electron chi connectivity index (χ1n) is 9.88. The molecule has 1 saturated carbocycles. The minimum atomic E-state index is 0.298. The van der Waals surface area contributed by atoms with E-state index in [2.05, 4.69) is 39.6 Å². The third-order valence-electron chi connectivity index (χ3n) is 5.80. The van der Waals surface area contributed by atoms with E-state index in [1.54, 1.807) is 4.88 Å². The van der Waals surface area contributed by atoms with Crippen LogP contribution >= 0.6 is 11.3 Å². The van der Waals surface area contributed by atoms with E-state index < -0.39 is 0 Å². The summed E-state index contributed by atoms with van der Waals surface area (Å²) < 4.78 is 5.78. The molecule has 25 heavy (non-hydrogen) atoms. The minimum absolute atomic E-state index is 0.298. The molecule has 1 aliphatic heterocycles. The number of piperidine rings is 1. The third-order valence-corrected chi connectivity index (χ3v) is 6.91. The predicted octanol–water partition coefficient (Wildman–Crippen LogP) is 4.03. The van der Waals surface area contributed by atoms with Crippen molar-refractivity contribution < 1.29 is 4.74 Å². The maximum absolute atomic E-state index is 5.78. The van der Waals surface area contributed by atoms with Crippen molar-refractivity contribution in [1.82, 2.24) is 10.2 Å². The molecule has 0 bridgehead atoms. The average molecular weight is 364 g/mol. The number of hydrogen-bond acceptors (Lipinski definition) is 3. The number of nitrogens with one attached hydrogen (secondary N) is 1. The summed E-state index contributed by atoms with van der Waals surface area (Å²) in [5.74, 6) is 1.07. The Morgan fingerprint density at radius 1 is 1.32 bits per heavy atom. The Balaban J connectivity index is 1.60. The molecule has 140 valence electrons. The van der Waals surface area contributed by atoms with Crippen LogP contribution in [0, 0.1) is 0 Å². The van der Waals surface area contributed by atoms with Crippen molar-refractivity contribution in [2.45, 2.75) is 63.4 Å². The van der Waals surface area contributed by atoms with Gasteiger partial charge in [0.25, 0.3) is 0 Å². The molecule has 0 spiro atoms. The van der Waals surface area contributed by atoms with Crippen LogP contribution in [-0.2, 0) is 10.2 Å². The van der Waals surface area contributed by atoms with Crippen molar-refractivity contribution in [2.24, 2.45) is 4.99 Å². The highest BCUT2D eigenvalue weighted by Gasteiger charge is 2.35. The number of ether oxygens (including phenoxy) is 1. The normalized spacial score (nSPS) is 22.2. The number of likely N-dealkylation sites (tertiary alicyclic amines) is 1. The number of nitrogens with zero attached hydrogens (tertiary/aromatic N) is 2. The van der Waals surface area contributed by atoms with Crippen LogP contribution < -0.4 is 5.32 Å². The maximum atomic E-state index is 5.78. The highest BCUT2D eigenvalue weighted by Crippen LogP contribution is 2.41. The molecule has 1 aliphatic carbocycles. The maximum Gasteiger partial charge on any atom is 0.193 e. The Hall–Kier alpha value is -1.07. The molecular weight excluding hydrogens is 330 g/mol. The lowest BCUT2D eigenvalue weighted by molar-refractivity contribution is 0.0263. The Labute approximate surface area is 156 Å². The van der Waals surface area contributed by atoms with E-state index in [0.29, 0.717) is 11.5 Å². The first kappa shape index (κ1) is 18.7. The Morgan fingerprint density at radius 3 is 2.68 bits per heavy atom. The van der Waals surface area contributed by atoms with E-state index >= 15 is 0 Å². The van der Waals surface area contributed by atoms with E-state index in [1.165, 1.54) is 32.1 Å². The van der Waals surface area contributed by atoms with Crippen LogP contribution in [0.2, 0.25) is 0 Å². The van der Waals surface area contributed by atoms with Gasteiger partial charge >= 0.3 is 0 Å². The topological polar surface area (TPSA) is 36.9 Å². The summed E-state index contributed by atoms with van der Waals surface area (Å²) in [5, 5.41) is 5.95. The molecule has 1 aromatic heterocycles. The summed E-state index contributed by atoms with van der Waals surface area (Å²) in [6.07, 6.45) is 9.29. The highest BCUT2D eigenvalue weighted by atomic mass is 32.1. The molecular formula is C20H33N3OS. The Bertz CT molecular complexity index is 529. The van der Waals surface area contributed by atoms with E-state index in [4.69, 9.17) is 4.74 Å². The van der Waals surface area contributed by atoms with Crippen molar-refractivity contribution in [3.63, 3.8) is 0 Å². The van der Waals surface area contributed by atoms with Gasteiger partial charge in [-0.2, -0.15) is 0 Å². The molecule has 0 atom stereocenters. The van der Waals surface area contributed by atoms with Crippen LogP contribution in [0.1, 0.15) is 56.7 Å². The van der Waals surface area contributed by atoms with E-state index in [9.17, 15) is 0 Å². The second-order valence-corrected chi connectivity index (χ2v) is 8.31. The number of guanidine groups is 1. The molecule has 4 nitrogen and oxygen atoms in total. The lowest BCUT2D eigenvalue weighted by Crippen LogP contribution is -2.50. The fourth-order valence-corrected chi connectivity index (χ4v) is 5.36. The van der Waals surface area contributed by atoms with Gasteiger partial charge in [-0.3, -0.25) is 4.99 Å². The standard InChI is InChI=1S/C20H33N3OS/c1-3-24-17-9-13-23(14-10-17)19(21-2)22-16-20(11-5-4-6-12-20)18-8-7-15-25-18/h7-8,15,17H,3-6,9-14,16H2,1-2H3,(H,21,22). The van der Waals surface area contributed by atoms with Crippen molar-refractivity contribution in [3.8, 4) is 0 Å². The summed E-state index contributed by atoms with van der Waals surface area (Å²) >= 11 is 1.92. The van der Waals surface area contributed by atoms with E-state index in [0.717, 1.165) is 45.0 Å². The summed E-state index contributed by atoms with van der Waals surface area (Å²) in [4.78, 5) is 8.52.